The second-order valence-corrected chi connectivity index (χ2v) is 13.6. The van der Waals surface area contributed by atoms with Crippen LogP contribution in [-0.4, -0.2) is 17.7 Å². The maximum absolute atomic E-state index is 12.7. The Morgan fingerprint density at radius 3 is 0.855 bits per heavy atom. The van der Waals surface area contributed by atoms with E-state index in [4.69, 9.17) is 0 Å². The van der Waals surface area contributed by atoms with Gasteiger partial charge in [0, 0.05) is 53.4 Å². The second kappa shape index (κ2) is 20.1. The maximum Gasteiger partial charge on any atom is 0.224 e. The minimum Gasteiger partial charge on any atom is -0.326 e. The van der Waals surface area contributed by atoms with E-state index < -0.39 is 0 Å². The minimum atomic E-state index is -0.0176. The van der Waals surface area contributed by atoms with Crippen LogP contribution in [0, 0.1) is 0 Å². The highest BCUT2D eigenvalue weighted by atomic mass is 16.2. The van der Waals surface area contributed by atoms with Crippen molar-refractivity contribution < 1.29 is 14.4 Å². The van der Waals surface area contributed by atoms with Crippen LogP contribution in [0.15, 0.2) is 164 Å². The highest BCUT2D eigenvalue weighted by Gasteiger charge is 2.15. The average molecular weight is 729 g/mol. The largest absolute Gasteiger partial charge is 0.326 e. The van der Waals surface area contributed by atoms with E-state index in [-0.39, 0.29) is 17.7 Å². The zero-order chi connectivity index (χ0) is 38.1. The van der Waals surface area contributed by atoms with E-state index in [0.29, 0.717) is 19.3 Å². The predicted molar refractivity (Wildman–Crippen MR) is 225 cm³/mol. The summed E-state index contributed by atoms with van der Waals surface area (Å²) in [5, 5.41) is 9.10. The van der Waals surface area contributed by atoms with Gasteiger partial charge in [0.2, 0.25) is 17.7 Å². The molecule has 0 atom stereocenters. The Kier molecular flexibility index (Phi) is 14.0. The number of nitrogens with zero attached hydrogens (tertiary/aromatic N) is 1. The highest BCUT2D eigenvalue weighted by Crippen LogP contribution is 2.36. The number of rotatable bonds is 18. The first-order chi connectivity index (χ1) is 27.0. The van der Waals surface area contributed by atoms with E-state index in [9.17, 15) is 14.4 Å². The molecule has 6 aromatic carbocycles. The molecular formula is C48H48N4O3. The van der Waals surface area contributed by atoms with Gasteiger partial charge in [0.15, 0.2) is 0 Å². The van der Waals surface area contributed by atoms with E-state index in [2.05, 4.69) is 57.2 Å². The second-order valence-electron chi connectivity index (χ2n) is 13.6. The molecule has 0 heterocycles. The van der Waals surface area contributed by atoms with E-state index in [1.807, 2.05) is 127 Å². The summed E-state index contributed by atoms with van der Waals surface area (Å²) < 4.78 is 0. The topological polar surface area (TPSA) is 90.5 Å². The quantitative estimate of drug-likeness (QED) is 0.0822. The normalized spacial score (nSPS) is 10.7. The number of carbonyl (C=O) groups is 3. The molecule has 0 spiro atoms. The molecule has 55 heavy (non-hydrogen) atoms. The van der Waals surface area contributed by atoms with Gasteiger partial charge in [-0.25, -0.2) is 0 Å². The van der Waals surface area contributed by atoms with Crippen molar-refractivity contribution in [1.82, 2.24) is 0 Å². The predicted octanol–water partition coefficient (Wildman–Crippen LogP) is 11.0. The van der Waals surface area contributed by atoms with Crippen LogP contribution in [0.3, 0.4) is 0 Å². The first-order valence-electron chi connectivity index (χ1n) is 19.1. The van der Waals surface area contributed by atoms with Crippen molar-refractivity contribution in [2.75, 3.05) is 20.9 Å². The van der Waals surface area contributed by atoms with Gasteiger partial charge in [0.1, 0.15) is 0 Å². The van der Waals surface area contributed by atoms with Crippen LogP contribution >= 0.6 is 0 Å². The molecule has 0 aliphatic heterocycles. The molecule has 0 aliphatic carbocycles. The third kappa shape index (κ3) is 12.3. The lowest BCUT2D eigenvalue weighted by atomic mass is 10.1. The number of nitrogens with one attached hydrogen (secondary N) is 3. The molecule has 0 saturated carbocycles. The number of aryl methyl sites for hydroxylation is 3. The van der Waals surface area contributed by atoms with Crippen LogP contribution < -0.4 is 20.9 Å². The number of hydrogen-bond acceptors (Lipinski definition) is 4. The van der Waals surface area contributed by atoms with Crippen molar-refractivity contribution >= 4 is 51.8 Å². The smallest absolute Gasteiger partial charge is 0.224 e. The van der Waals surface area contributed by atoms with E-state index in [0.717, 1.165) is 72.6 Å². The van der Waals surface area contributed by atoms with Crippen molar-refractivity contribution in [1.29, 1.82) is 0 Å². The molecule has 0 unspecified atom stereocenters. The van der Waals surface area contributed by atoms with Crippen molar-refractivity contribution in [2.24, 2.45) is 0 Å². The van der Waals surface area contributed by atoms with Gasteiger partial charge >= 0.3 is 0 Å². The summed E-state index contributed by atoms with van der Waals surface area (Å²) in [7, 11) is 0. The summed E-state index contributed by atoms with van der Waals surface area (Å²) in [5.74, 6) is -0.0529. The van der Waals surface area contributed by atoms with Crippen molar-refractivity contribution in [3.05, 3.63) is 180 Å². The number of hydrogen-bond donors (Lipinski definition) is 3. The zero-order valence-electron chi connectivity index (χ0n) is 31.1. The monoisotopic (exact) mass is 728 g/mol. The molecule has 7 heteroatoms. The Balaban J connectivity index is 1.10. The Bertz CT molecular complexity index is 1840. The lowest BCUT2D eigenvalue weighted by Gasteiger charge is -2.26. The molecule has 0 aliphatic rings. The Morgan fingerprint density at radius 2 is 0.600 bits per heavy atom. The molecule has 278 valence electrons. The van der Waals surface area contributed by atoms with Crippen LogP contribution in [0.25, 0.3) is 0 Å². The molecule has 0 bridgehead atoms. The zero-order valence-corrected chi connectivity index (χ0v) is 31.1. The van der Waals surface area contributed by atoms with Crippen molar-refractivity contribution in [3.63, 3.8) is 0 Å². The summed E-state index contributed by atoms with van der Waals surface area (Å²) in [6.07, 6.45) is 6.21. The lowest BCUT2D eigenvalue weighted by Crippen LogP contribution is -2.14. The van der Waals surface area contributed by atoms with Crippen LogP contribution in [0.1, 0.15) is 55.2 Å². The SMILES string of the molecule is O=C(CCCc1ccccc1)Nc1ccc(N(c2ccc(NC(=O)CCCc3ccccc3)cc2)c2ccc(NC(=O)CCCc3ccccc3)cc2)cc1. The molecule has 6 aromatic rings. The number of amides is 3. The van der Waals surface area contributed by atoms with Gasteiger partial charge in [0.05, 0.1) is 0 Å². The number of benzene rings is 6. The first-order valence-corrected chi connectivity index (χ1v) is 19.1. The number of carbonyl (C=O) groups excluding carboxylic acids is 3. The fourth-order valence-corrected chi connectivity index (χ4v) is 6.49. The summed E-state index contributed by atoms with van der Waals surface area (Å²) in [5.41, 5.74) is 8.51. The maximum atomic E-state index is 12.7. The molecule has 0 radical (unpaired) electrons. The van der Waals surface area contributed by atoms with Gasteiger partial charge in [0.25, 0.3) is 0 Å². The average Bonchev–Trinajstić information content (AvgIpc) is 3.21. The molecule has 3 amide bonds. The van der Waals surface area contributed by atoms with E-state index in [1.54, 1.807) is 0 Å². The van der Waals surface area contributed by atoms with Crippen LogP contribution in [-0.2, 0) is 33.6 Å². The van der Waals surface area contributed by atoms with Gasteiger partial charge in [-0.15, -0.1) is 0 Å². The molecule has 0 aromatic heterocycles. The summed E-state index contributed by atoms with van der Waals surface area (Å²) >= 11 is 0. The van der Waals surface area contributed by atoms with Gasteiger partial charge in [-0.05, 0) is 128 Å². The van der Waals surface area contributed by atoms with Gasteiger partial charge in [-0.2, -0.15) is 0 Å². The van der Waals surface area contributed by atoms with Gasteiger partial charge in [-0.3, -0.25) is 14.4 Å². The van der Waals surface area contributed by atoms with Gasteiger partial charge in [-0.1, -0.05) is 91.0 Å². The van der Waals surface area contributed by atoms with E-state index in [1.165, 1.54) is 16.7 Å². The fraction of sp³-hybridized carbons (Fsp3) is 0.188. The molecule has 3 N–H and O–H groups in total. The standard InChI is InChI=1S/C48H48N4O3/c53-46(22-10-19-37-13-4-1-5-14-37)49-40-25-31-43(32-26-40)52(44-33-27-41(28-34-44)50-47(54)23-11-20-38-15-6-2-7-16-38)45-35-29-42(30-36-45)51-48(55)24-12-21-39-17-8-3-9-18-39/h1-9,13-18,25-36H,10-12,19-24H2,(H,49,53)(H,50,54)(H,51,55). The molecule has 0 fully saturated rings. The van der Waals surface area contributed by atoms with Crippen LogP contribution in [0.4, 0.5) is 34.1 Å². The van der Waals surface area contributed by atoms with Gasteiger partial charge < -0.3 is 20.9 Å². The van der Waals surface area contributed by atoms with E-state index >= 15 is 0 Å². The van der Waals surface area contributed by atoms with Crippen LogP contribution in [0.5, 0.6) is 0 Å². The third-order valence-corrected chi connectivity index (χ3v) is 9.36. The fourth-order valence-electron chi connectivity index (χ4n) is 6.49. The summed E-state index contributed by atoms with van der Waals surface area (Å²) in [6.45, 7) is 0. The minimum absolute atomic E-state index is 0.0176. The third-order valence-electron chi connectivity index (χ3n) is 9.36. The van der Waals surface area contributed by atoms with Crippen molar-refractivity contribution in [2.45, 2.75) is 57.8 Å². The summed E-state index contributed by atoms with van der Waals surface area (Å²) in [6, 6.07) is 53.9. The molecule has 6 rings (SSSR count). The van der Waals surface area contributed by atoms with Crippen LogP contribution in [0.2, 0.25) is 0 Å². The first kappa shape index (κ1) is 38.3. The molecular weight excluding hydrogens is 681 g/mol. The Hall–Kier alpha value is -6.47. The highest BCUT2D eigenvalue weighted by molar-refractivity contribution is 5.93. The summed E-state index contributed by atoms with van der Waals surface area (Å²) in [4.78, 5) is 40.3. The number of anilines is 6. The molecule has 7 nitrogen and oxygen atoms in total. The Labute approximate surface area is 324 Å². The lowest BCUT2D eigenvalue weighted by molar-refractivity contribution is -0.117. The molecule has 0 saturated heterocycles. The Morgan fingerprint density at radius 1 is 0.345 bits per heavy atom. The van der Waals surface area contributed by atoms with Crippen molar-refractivity contribution in [3.8, 4) is 0 Å².